The number of anilines is 1. The first-order valence-electron chi connectivity index (χ1n) is 9.02. The van der Waals surface area contributed by atoms with E-state index in [4.69, 9.17) is 32.7 Å². The highest BCUT2D eigenvalue weighted by molar-refractivity contribution is 6.42. The number of carbonyl (C=O) groups is 2. The van der Waals surface area contributed by atoms with Crippen LogP contribution in [0.4, 0.5) is 5.69 Å². The van der Waals surface area contributed by atoms with Gasteiger partial charge in [0.05, 0.1) is 22.9 Å². The quantitative estimate of drug-likeness (QED) is 0.257. The molecule has 0 aromatic heterocycles. The number of hydrogen-bond donors (Lipinski definition) is 0. The van der Waals surface area contributed by atoms with Crippen LogP contribution in [-0.4, -0.2) is 25.5 Å². The van der Waals surface area contributed by atoms with Gasteiger partial charge in [0, 0.05) is 11.4 Å². The van der Waals surface area contributed by atoms with E-state index < -0.39 is 11.8 Å². The van der Waals surface area contributed by atoms with E-state index in [1.54, 1.807) is 54.3 Å². The molecule has 0 saturated heterocycles. The van der Waals surface area contributed by atoms with Crippen molar-refractivity contribution in [3.8, 4) is 5.75 Å². The summed E-state index contributed by atoms with van der Waals surface area (Å²) < 4.78 is 10.3. The van der Waals surface area contributed by atoms with Crippen molar-refractivity contribution < 1.29 is 19.1 Å². The number of esters is 1. The summed E-state index contributed by atoms with van der Waals surface area (Å²) in [5, 5.41) is 0.727. The number of Topliss-reactive ketones (excluding diaryl/α,β-unsaturated/α-hetero) is 1. The predicted octanol–water partition coefficient (Wildman–Crippen LogP) is 5.44. The lowest BCUT2D eigenvalue weighted by atomic mass is 10.1. The lowest BCUT2D eigenvalue weighted by Gasteiger charge is -2.22. The van der Waals surface area contributed by atoms with Gasteiger partial charge in [-0.25, -0.2) is 4.79 Å². The molecule has 1 heterocycles. The van der Waals surface area contributed by atoms with Crippen LogP contribution in [0.1, 0.15) is 12.5 Å². The largest absolute Gasteiger partial charge is 0.490 e. The van der Waals surface area contributed by atoms with Gasteiger partial charge in [0.1, 0.15) is 17.9 Å². The summed E-state index contributed by atoms with van der Waals surface area (Å²) in [6.07, 6.45) is 3.35. The molecule has 3 rings (SSSR count). The minimum atomic E-state index is -0.695. The number of carbonyl (C=O) groups excluding carboxylic acids is 2. The van der Waals surface area contributed by atoms with Crippen LogP contribution in [0.5, 0.6) is 5.75 Å². The Balaban J connectivity index is 2.07. The molecule has 5 nitrogen and oxygen atoms in total. The van der Waals surface area contributed by atoms with Crippen molar-refractivity contribution in [3.63, 3.8) is 0 Å². The fraction of sp³-hybridized carbons (Fsp3) is 0.130. The van der Waals surface area contributed by atoms with E-state index >= 15 is 0 Å². The number of halogens is 2. The minimum absolute atomic E-state index is 0.0271. The van der Waals surface area contributed by atoms with Crippen LogP contribution in [0.2, 0.25) is 10.0 Å². The van der Waals surface area contributed by atoms with Crippen LogP contribution < -0.4 is 9.64 Å². The topological polar surface area (TPSA) is 55.8 Å². The summed E-state index contributed by atoms with van der Waals surface area (Å²) in [6, 6.07) is 12.2. The zero-order chi connectivity index (χ0) is 21.8. The molecule has 7 heteroatoms. The molecule has 0 atom stereocenters. The third-order valence-corrected chi connectivity index (χ3v) is 5.24. The highest BCUT2D eigenvalue weighted by Gasteiger charge is 2.38. The normalized spacial score (nSPS) is 15.0. The molecule has 0 amide bonds. The Bertz CT molecular complexity index is 1070. The van der Waals surface area contributed by atoms with Crippen LogP contribution in [0.25, 0.3) is 6.08 Å². The molecule has 2 aromatic rings. The maximum absolute atomic E-state index is 13.1. The summed E-state index contributed by atoms with van der Waals surface area (Å²) in [7, 11) is 1.24. The number of allylic oxidation sites excluding steroid dienone is 2. The molecule has 0 radical (unpaired) electrons. The van der Waals surface area contributed by atoms with E-state index in [2.05, 4.69) is 6.58 Å². The number of hydrogen-bond acceptors (Lipinski definition) is 5. The van der Waals surface area contributed by atoms with Crippen molar-refractivity contribution in [3.05, 3.63) is 87.7 Å². The van der Waals surface area contributed by atoms with Crippen molar-refractivity contribution in [2.75, 3.05) is 18.6 Å². The van der Waals surface area contributed by atoms with E-state index in [0.29, 0.717) is 39.5 Å². The van der Waals surface area contributed by atoms with Gasteiger partial charge in [-0.3, -0.25) is 4.79 Å². The molecule has 1 aliphatic heterocycles. The van der Waals surface area contributed by atoms with Gasteiger partial charge in [-0.1, -0.05) is 48.0 Å². The SMILES string of the molecule is C=CCOc1ccc(/C=C2/C(=O)C(C(=O)OC)=C(C)N2c2ccc(Cl)c(Cl)c2)cc1. The molecular weight excluding hydrogens is 425 g/mol. The molecule has 1 aliphatic rings. The minimum Gasteiger partial charge on any atom is -0.490 e. The molecule has 0 fully saturated rings. The van der Waals surface area contributed by atoms with Crippen molar-refractivity contribution in [2.45, 2.75) is 6.92 Å². The van der Waals surface area contributed by atoms with Gasteiger partial charge in [0.15, 0.2) is 0 Å². The fourth-order valence-corrected chi connectivity index (χ4v) is 3.38. The van der Waals surface area contributed by atoms with Crippen molar-refractivity contribution in [1.82, 2.24) is 0 Å². The molecule has 30 heavy (non-hydrogen) atoms. The maximum Gasteiger partial charge on any atom is 0.343 e. The van der Waals surface area contributed by atoms with E-state index in [-0.39, 0.29) is 5.57 Å². The fourth-order valence-electron chi connectivity index (χ4n) is 3.09. The van der Waals surface area contributed by atoms with Gasteiger partial charge < -0.3 is 14.4 Å². The first kappa shape index (κ1) is 21.7. The first-order chi connectivity index (χ1) is 14.4. The summed E-state index contributed by atoms with van der Waals surface area (Å²) in [5.74, 6) is -0.447. The summed E-state index contributed by atoms with van der Waals surface area (Å²) >= 11 is 12.2. The molecule has 0 aliphatic carbocycles. The second-order valence-corrected chi connectivity index (χ2v) is 7.23. The van der Waals surface area contributed by atoms with Gasteiger partial charge in [0.2, 0.25) is 5.78 Å². The van der Waals surface area contributed by atoms with Gasteiger partial charge >= 0.3 is 5.97 Å². The third-order valence-electron chi connectivity index (χ3n) is 4.50. The van der Waals surface area contributed by atoms with E-state index in [0.717, 1.165) is 5.56 Å². The standard InChI is InChI=1S/C23H19Cl2NO4/c1-4-11-30-17-8-5-15(6-9-17)12-20-22(27)21(23(28)29-3)14(2)26(20)16-7-10-18(24)19(25)13-16/h4-10,12-13H,1,11H2,2-3H3/b20-12-. The monoisotopic (exact) mass is 443 g/mol. The van der Waals surface area contributed by atoms with Gasteiger partial charge in [-0.15, -0.1) is 0 Å². The average Bonchev–Trinajstić information content (AvgIpc) is 2.98. The number of benzene rings is 2. The van der Waals surface area contributed by atoms with Gasteiger partial charge in [-0.2, -0.15) is 0 Å². The lowest BCUT2D eigenvalue weighted by Crippen LogP contribution is -2.18. The van der Waals surface area contributed by atoms with Crippen molar-refractivity contribution in [2.24, 2.45) is 0 Å². The highest BCUT2D eigenvalue weighted by Crippen LogP contribution is 2.38. The Labute approximate surface area is 184 Å². The van der Waals surface area contributed by atoms with Crippen LogP contribution in [0, 0.1) is 0 Å². The van der Waals surface area contributed by atoms with E-state index in [1.165, 1.54) is 7.11 Å². The van der Waals surface area contributed by atoms with Crippen LogP contribution in [0.15, 0.2) is 72.1 Å². The van der Waals surface area contributed by atoms with E-state index in [9.17, 15) is 9.59 Å². The second-order valence-electron chi connectivity index (χ2n) is 6.41. The van der Waals surface area contributed by atoms with Crippen LogP contribution >= 0.6 is 23.2 Å². The Morgan fingerprint density at radius 2 is 1.83 bits per heavy atom. The zero-order valence-electron chi connectivity index (χ0n) is 16.4. The Hall–Kier alpha value is -3.02. The Morgan fingerprint density at radius 3 is 2.43 bits per heavy atom. The summed E-state index contributed by atoms with van der Waals surface area (Å²) in [6.45, 7) is 5.70. The molecule has 0 bridgehead atoms. The molecule has 0 unspecified atom stereocenters. The van der Waals surface area contributed by atoms with E-state index in [1.807, 2.05) is 12.1 Å². The Morgan fingerprint density at radius 1 is 1.13 bits per heavy atom. The molecule has 154 valence electrons. The van der Waals surface area contributed by atoms with Crippen LogP contribution in [-0.2, 0) is 14.3 Å². The Kier molecular flexibility index (Phi) is 6.65. The van der Waals surface area contributed by atoms with Gasteiger partial charge in [-0.05, 0) is 48.9 Å². The second kappa shape index (κ2) is 9.20. The number of ketones is 1. The summed E-state index contributed by atoms with van der Waals surface area (Å²) in [4.78, 5) is 27.0. The molecule has 0 saturated carbocycles. The molecule has 2 aromatic carbocycles. The molecular formula is C23H19Cl2NO4. The van der Waals surface area contributed by atoms with Gasteiger partial charge in [0.25, 0.3) is 0 Å². The number of ether oxygens (including phenoxy) is 2. The summed E-state index contributed by atoms with van der Waals surface area (Å²) in [5.41, 5.74) is 2.08. The smallest absolute Gasteiger partial charge is 0.343 e. The lowest BCUT2D eigenvalue weighted by molar-refractivity contribution is -0.137. The zero-order valence-corrected chi connectivity index (χ0v) is 18.0. The predicted molar refractivity (Wildman–Crippen MR) is 119 cm³/mol. The number of methoxy groups -OCH3 is 1. The number of rotatable bonds is 6. The molecule has 0 N–H and O–H groups in total. The van der Waals surface area contributed by atoms with Crippen LogP contribution in [0.3, 0.4) is 0 Å². The first-order valence-corrected chi connectivity index (χ1v) is 9.77. The average molecular weight is 444 g/mol. The highest BCUT2D eigenvalue weighted by atomic mass is 35.5. The molecule has 0 spiro atoms. The number of nitrogens with zero attached hydrogens (tertiary/aromatic N) is 1. The van der Waals surface area contributed by atoms with Crippen molar-refractivity contribution in [1.29, 1.82) is 0 Å². The third kappa shape index (κ3) is 4.27. The van der Waals surface area contributed by atoms with Crippen molar-refractivity contribution >= 4 is 46.7 Å². The maximum atomic E-state index is 13.1.